The highest BCUT2D eigenvalue weighted by Gasteiger charge is 2.38. The number of carbonyl (C=O) groups is 1. The van der Waals surface area contributed by atoms with E-state index in [1.54, 1.807) is 12.1 Å². The van der Waals surface area contributed by atoms with E-state index in [4.69, 9.17) is 5.73 Å². The van der Waals surface area contributed by atoms with Crippen molar-refractivity contribution in [1.29, 1.82) is 0 Å². The van der Waals surface area contributed by atoms with Crippen LogP contribution in [0.3, 0.4) is 0 Å². The zero-order valence-corrected chi connectivity index (χ0v) is 9.42. The van der Waals surface area contributed by atoms with E-state index < -0.39 is 11.4 Å². The zero-order chi connectivity index (χ0) is 11.8. The van der Waals surface area contributed by atoms with Crippen LogP contribution in [-0.4, -0.2) is 11.3 Å². The van der Waals surface area contributed by atoms with Gasteiger partial charge in [0.1, 0.15) is 5.82 Å². The van der Waals surface area contributed by atoms with Gasteiger partial charge in [-0.2, -0.15) is 0 Å². The standard InChI is InChI=1S/C13H16FNO/c1-9-4-5-11(14)10(8-9)12(16)13(15)6-2-3-7-13/h4-5,8H,2-3,6-7,15H2,1H3. The first-order valence-electron chi connectivity index (χ1n) is 5.63. The number of hydrogen-bond donors (Lipinski definition) is 1. The summed E-state index contributed by atoms with van der Waals surface area (Å²) in [5.74, 6) is -0.710. The highest BCUT2D eigenvalue weighted by Crippen LogP contribution is 2.31. The normalized spacial score (nSPS) is 18.7. The third kappa shape index (κ3) is 1.87. The number of hydrogen-bond acceptors (Lipinski definition) is 2. The molecular weight excluding hydrogens is 205 g/mol. The number of ketones is 1. The number of carbonyl (C=O) groups excluding carboxylic acids is 1. The minimum absolute atomic E-state index is 0.143. The molecule has 1 saturated carbocycles. The van der Waals surface area contributed by atoms with Gasteiger partial charge in [-0.1, -0.05) is 24.5 Å². The lowest BCUT2D eigenvalue weighted by Gasteiger charge is -2.22. The first-order valence-corrected chi connectivity index (χ1v) is 5.63. The van der Waals surface area contributed by atoms with Gasteiger partial charge in [-0.15, -0.1) is 0 Å². The molecule has 0 heterocycles. The molecular formula is C13H16FNO. The Hall–Kier alpha value is -1.22. The van der Waals surface area contributed by atoms with E-state index in [1.165, 1.54) is 6.07 Å². The van der Waals surface area contributed by atoms with Crippen LogP contribution in [0.2, 0.25) is 0 Å². The fourth-order valence-electron chi connectivity index (χ4n) is 2.31. The summed E-state index contributed by atoms with van der Waals surface area (Å²) in [7, 11) is 0. The smallest absolute Gasteiger partial charge is 0.185 e. The van der Waals surface area contributed by atoms with Crippen LogP contribution in [0, 0.1) is 12.7 Å². The van der Waals surface area contributed by atoms with Crippen LogP contribution in [-0.2, 0) is 0 Å². The Labute approximate surface area is 94.6 Å². The number of halogens is 1. The predicted molar refractivity (Wildman–Crippen MR) is 60.9 cm³/mol. The monoisotopic (exact) mass is 221 g/mol. The van der Waals surface area contributed by atoms with Crippen molar-refractivity contribution in [2.75, 3.05) is 0 Å². The van der Waals surface area contributed by atoms with Gasteiger partial charge in [-0.05, 0) is 31.9 Å². The largest absolute Gasteiger partial charge is 0.319 e. The fraction of sp³-hybridized carbons (Fsp3) is 0.462. The molecule has 2 nitrogen and oxygen atoms in total. The van der Waals surface area contributed by atoms with Crippen LogP contribution in [0.5, 0.6) is 0 Å². The Balaban J connectivity index is 2.36. The lowest BCUT2D eigenvalue weighted by Crippen LogP contribution is -2.45. The molecule has 86 valence electrons. The molecule has 0 amide bonds. The molecule has 1 aliphatic rings. The highest BCUT2D eigenvalue weighted by molar-refractivity contribution is 6.03. The van der Waals surface area contributed by atoms with Crippen molar-refractivity contribution in [3.63, 3.8) is 0 Å². The van der Waals surface area contributed by atoms with Crippen LogP contribution < -0.4 is 5.73 Å². The van der Waals surface area contributed by atoms with Crippen molar-refractivity contribution < 1.29 is 9.18 Å². The maximum absolute atomic E-state index is 13.6. The second kappa shape index (κ2) is 3.98. The highest BCUT2D eigenvalue weighted by atomic mass is 19.1. The van der Waals surface area contributed by atoms with Gasteiger partial charge in [0.15, 0.2) is 5.78 Å². The molecule has 0 radical (unpaired) electrons. The Bertz CT molecular complexity index is 422. The summed E-state index contributed by atoms with van der Waals surface area (Å²) in [6, 6.07) is 4.58. The van der Waals surface area contributed by atoms with Crippen LogP contribution in [0.15, 0.2) is 18.2 Å². The quantitative estimate of drug-likeness (QED) is 0.780. The Morgan fingerprint density at radius 2 is 2.00 bits per heavy atom. The lowest BCUT2D eigenvalue weighted by molar-refractivity contribution is 0.0887. The van der Waals surface area contributed by atoms with Gasteiger partial charge in [0.2, 0.25) is 0 Å². The van der Waals surface area contributed by atoms with E-state index >= 15 is 0 Å². The van der Waals surface area contributed by atoms with Gasteiger partial charge in [-0.25, -0.2) is 4.39 Å². The summed E-state index contributed by atoms with van der Waals surface area (Å²) in [6.45, 7) is 1.84. The second-order valence-corrected chi connectivity index (χ2v) is 4.68. The summed E-state index contributed by atoms with van der Waals surface area (Å²) in [5, 5.41) is 0. The maximum atomic E-state index is 13.6. The number of nitrogens with two attached hydrogens (primary N) is 1. The zero-order valence-electron chi connectivity index (χ0n) is 9.42. The van der Waals surface area contributed by atoms with Gasteiger partial charge in [-0.3, -0.25) is 4.79 Å². The van der Waals surface area contributed by atoms with Crippen LogP contribution in [0.25, 0.3) is 0 Å². The molecule has 0 unspecified atom stereocenters. The summed E-state index contributed by atoms with van der Waals surface area (Å²) < 4.78 is 13.6. The van der Waals surface area contributed by atoms with Crippen LogP contribution in [0.4, 0.5) is 4.39 Å². The molecule has 2 rings (SSSR count). The minimum atomic E-state index is -0.839. The molecule has 2 N–H and O–H groups in total. The van der Waals surface area contributed by atoms with Gasteiger partial charge in [0.05, 0.1) is 11.1 Å². The van der Waals surface area contributed by atoms with Gasteiger partial charge < -0.3 is 5.73 Å². The average molecular weight is 221 g/mol. The van der Waals surface area contributed by atoms with Crippen molar-refractivity contribution in [2.45, 2.75) is 38.1 Å². The Morgan fingerprint density at radius 3 is 2.62 bits per heavy atom. The third-order valence-electron chi connectivity index (χ3n) is 3.31. The number of aryl methyl sites for hydroxylation is 1. The van der Waals surface area contributed by atoms with Crippen LogP contribution in [0.1, 0.15) is 41.6 Å². The first kappa shape index (κ1) is 11.3. The van der Waals surface area contributed by atoms with Crippen molar-refractivity contribution in [3.05, 3.63) is 35.1 Å². The Kier molecular flexibility index (Phi) is 2.80. The maximum Gasteiger partial charge on any atom is 0.185 e. The molecule has 1 aromatic rings. The van der Waals surface area contributed by atoms with Crippen molar-refractivity contribution >= 4 is 5.78 Å². The molecule has 0 saturated heterocycles. The molecule has 0 atom stereocenters. The molecule has 16 heavy (non-hydrogen) atoms. The third-order valence-corrected chi connectivity index (χ3v) is 3.31. The van der Waals surface area contributed by atoms with E-state index in [0.29, 0.717) is 12.8 Å². The predicted octanol–water partition coefficient (Wildman–Crippen LogP) is 2.59. The summed E-state index contributed by atoms with van der Waals surface area (Å²) in [4.78, 5) is 12.2. The molecule has 0 bridgehead atoms. The molecule has 0 spiro atoms. The molecule has 1 aromatic carbocycles. The Morgan fingerprint density at radius 1 is 1.38 bits per heavy atom. The number of Topliss-reactive ketones (excluding diaryl/α,β-unsaturated/α-hetero) is 1. The van der Waals surface area contributed by atoms with Crippen molar-refractivity contribution in [2.24, 2.45) is 5.73 Å². The number of benzene rings is 1. The molecule has 0 aliphatic heterocycles. The minimum Gasteiger partial charge on any atom is -0.319 e. The van der Waals surface area contributed by atoms with Crippen LogP contribution >= 0.6 is 0 Å². The van der Waals surface area contributed by atoms with E-state index in [0.717, 1.165) is 18.4 Å². The van der Waals surface area contributed by atoms with E-state index in [-0.39, 0.29) is 11.3 Å². The van der Waals surface area contributed by atoms with E-state index in [1.807, 2.05) is 6.92 Å². The molecule has 1 fully saturated rings. The van der Waals surface area contributed by atoms with Crippen molar-refractivity contribution in [3.8, 4) is 0 Å². The molecule has 1 aliphatic carbocycles. The lowest BCUT2D eigenvalue weighted by atomic mass is 9.88. The second-order valence-electron chi connectivity index (χ2n) is 4.68. The van der Waals surface area contributed by atoms with Crippen molar-refractivity contribution in [1.82, 2.24) is 0 Å². The first-order chi connectivity index (χ1) is 7.53. The SMILES string of the molecule is Cc1ccc(F)c(C(=O)C2(N)CCCC2)c1. The van der Waals surface area contributed by atoms with Gasteiger partial charge in [0.25, 0.3) is 0 Å². The molecule has 3 heteroatoms. The topological polar surface area (TPSA) is 43.1 Å². The van der Waals surface area contributed by atoms with E-state index in [2.05, 4.69) is 0 Å². The van der Waals surface area contributed by atoms with Gasteiger partial charge in [0, 0.05) is 0 Å². The summed E-state index contributed by atoms with van der Waals surface area (Å²) in [5.41, 5.74) is 6.22. The summed E-state index contributed by atoms with van der Waals surface area (Å²) in [6.07, 6.45) is 3.24. The summed E-state index contributed by atoms with van der Waals surface area (Å²) >= 11 is 0. The number of rotatable bonds is 2. The van der Waals surface area contributed by atoms with E-state index in [9.17, 15) is 9.18 Å². The fourth-order valence-corrected chi connectivity index (χ4v) is 2.31. The van der Waals surface area contributed by atoms with Gasteiger partial charge >= 0.3 is 0 Å². The average Bonchev–Trinajstić information content (AvgIpc) is 2.69. The molecule has 0 aromatic heterocycles.